The highest BCUT2D eigenvalue weighted by Gasteiger charge is 2.16. The highest BCUT2D eigenvalue weighted by molar-refractivity contribution is 6.30. The molecule has 2 rings (SSSR count). The van der Waals surface area contributed by atoms with Crippen LogP contribution in [-0.2, 0) is 0 Å². The van der Waals surface area contributed by atoms with Crippen LogP contribution >= 0.6 is 11.6 Å². The topological polar surface area (TPSA) is 71.8 Å². The molecule has 2 N–H and O–H groups in total. The Balaban J connectivity index is 2.53. The van der Waals surface area contributed by atoms with Crippen molar-refractivity contribution in [3.05, 3.63) is 52.3 Å². The minimum Gasteiger partial charge on any atom is -0.324 e. The fourth-order valence-electron chi connectivity index (χ4n) is 1.96. The maximum Gasteiger partial charge on any atom is 0.178 e. The molecule has 0 aliphatic heterocycles. The highest BCUT2D eigenvalue weighted by atomic mass is 35.5. The molecule has 4 nitrogen and oxygen atoms in total. The third kappa shape index (κ3) is 2.39. The summed E-state index contributed by atoms with van der Waals surface area (Å²) in [4.78, 5) is 11.7. The Labute approximate surface area is 116 Å². The number of nitrogens with two attached hydrogens (primary N) is 1. The second kappa shape index (κ2) is 5.27. The van der Waals surface area contributed by atoms with E-state index in [1.54, 1.807) is 34.9 Å². The molecule has 0 saturated carbocycles. The smallest absolute Gasteiger partial charge is 0.178 e. The Morgan fingerprint density at radius 1 is 1.42 bits per heavy atom. The number of rotatable bonds is 3. The van der Waals surface area contributed by atoms with Gasteiger partial charge in [0.2, 0.25) is 0 Å². The largest absolute Gasteiger partial charge is 0.324 e. The number of nitrogens with zero attached hydrogens (tertiary/aromatic N) is 2. The van der Waals surface area contributed by atoms with E-state index in [2.05, 4.69) is 6.07 Å². The van der Waals surface area contributed by atoms with Gasteiger partial charge in [0.15, 0.2) is 5.78 Å². The summed E-state index contributed by atoms with van der Waals surface area (Å²) in [5.41, 5.74) is 8.01. The Morgan fingerprint density at radius 2 is 2.05 bits per heavy atom. The van der Waals surface area contributed by atoms with E-state index in [0.717, 1.165) is 11.4 Å². The number of ketones is 1. The van der Waals surface area contributed by atoms with E-state index in [1.165, 1.54) is 0 Å². The van der Waals surface area contributed by atoms with Crippen LogP contribution in [0.15, 0.2) is 30.3 Å². The van der Waals surface area contributed by atoms with Gasteiger partial charge >= 0.3 is 0 Å². The van der Waals surface area contributed by atoms with Crippen LogP contribution in [0.1, 0.15) is 21.6 Å². The first kappa shape index (κ1) is 13.3. The Bertz CT molecular complexity index is 665. The van der Waals surface area contributed by atoms with Gasteiger partial charge in [-0.2, -0.15) is 5.26 Å². The van der Waals surface area contributed by atoms with Crippen molar-refractivity contribution in [2.75, 3.05) is 6.54 Å². The maximum atomic E-state index is 11.7. The zero-order valence-electron chi connectivity index (χ0n) is 10.4. The van der Waals surface area contributed by atoms with Gasteiger partial charge in [0.05, 0.1) is 18.2 Å². The van der Waals surface area contributed by atoms with Gasteiger partial charge in [-0.25, -0.2) is 0 Å². The average Bonchev–Trinajstić information content (AvgIpc) is 2.73. The van der Waals surface area contributed by atoms with Crippen LogP contribution in [0, 0.1) is 18.3 Å². The first-order chi connectivity index (χ1) is 9.08. The van der Waals surface area contributed by atoms with E-state index in [9.17, 15) is 4.79 Å². The van der Waals surface area contributed by atoms with Gasteiger partial charge in [0.1, 0.15) is 5.15 Å². The molecule has 19 heavy (non-hydrogen) atoms. The molecule has 96 valence electrons. The number of hydrogen-bond acceptors (Lipinski definition) is 3. The number of benzene rings is 1. The average molecular weight is 274 g/mol. The number of hydrogen-bond donors (Lipinski definition) is 1. The van der Waals surface area contributed by atoms with Crippen molar-refractivity contribution in [1.82, 2.24) is 4.57 Å². The van der Waals surface area contributed by atoms with Crippen molar-refractivity contribution in [1.29, 1.82) is 5.26 Å². The number of carbonyl (C=O) groups is 1. The molecule has 2 aromatic rings. The molecule has 0 saturated heterocycles. The van der Waals surface area contributed by atoms with Crippen molar-refractivity contribution < 1.29 is 4.79 Å². The van der Waals surface area contributed by atoms with Crippen molar-refractivity contribution in [3.8, 4) is 11.8 Å². The minimum atomic E-state index is -0.146. The maximum absolute atomic E-state index is 11.7. The first-order valence-electron chi connectivity index (χ1n) is 5.70. The van der Waals surface area contributed by atoms with Crippen molar-refractivity contribution in [3.63, 3.8) is 0 Å². The minimum absolute atomic E-state index is 0.0471. The lowest BCUT2D eigenvalue weighted by Crippen LogP contribution is -2.14. The Morgan fingerprint density at radius 3 is 2.58 bits per heavy atom. The van der Waals surface area contributed by atoms with Crippen LogP contribution in [0.5, 0.6) is 0 Å². The lowest BCUT2D eigenvalue weighted by atomic mass is 10.1. The number of aromatic nitrogens is 1. The number of carbonyl (C=O) groups excluding carboxylic acids is 1. The molecule has 0 atom stereocenters. The fourth-order valence-corrected chi connectivity index (χ4v) is 2.30. The predicted molar refractivity (Wildman–Crippen MR) is 73.6 cm³/mol. The number of Topliss-reactive ketones (excluding diaryl/α,β-unsaturated/α-hetero) is 1. The molecule has 5 heteroatoms. The second-order valence-corrected chi connectivity index (χ2v) is 4.47. The second-order valence-electron chi connectivity index (χ2n) is 4.09. The van der Waals surface area contributed by atoms with Crippen LogP contribution in [0.25, 0.3) is 5.69 Å². The van der Waals surface area contributed by atoms with E-state index in [1.807, 2.05) is 6.92 Å². The van der Waals surface area contributed by atoms with Gasteiger partial charge in [-0.15, -0.1) is 0 Å². The quantitative estimate of drug-likeness (QED) is 0.873. The van der Waals surface area contributed by atoms with Crippen LogP contribution in [-0.4, -0.2) is 16.9 Å². The van der Waals surface area contributed by atoms with Gasteiger partial charge in [-0.3, -0.25) is 4.79 Å². The van der Waals surface area contributed by atoms with Gasteiger partial charge in [-0.05, 0) is 37.3 Å². The molecule has 0 spiro atoms. The van der Waals surface area contributed by atoms with E-state index >= 15 is 0 Å². The summed E-state index contributed by atoms with van der Waals surface area (Å²) < 4.78 is 1.76. The zero-order valence-corrected chi connectivity index (χ0v) is 11.1. The molecule has 1 aromatic carbocycles. The molecule has 0 radical (unpaired) electrons. The standard InChI is InChI=1S/C14H12ClN3O/c1-9-12(13(19)8-17)6-14(15)18(9)11-4-2-10(7-16)3-5-11/h2-6H,8,17H2,1H3. The third-order valence-corrected chi connectivity index (χ3v) is 3.22. The van der Waals surface area contributed by atoms with Crippen LogP contribution in [0.2, 0.25) is 5.15 Å². The summed E-state index contributed by atoms with van der Waals surface area (Å²) in [6, 6.07) is 10.6. The first-order valence-corrected chi connectivity index (χ1v) is 6.08. The van der Waals surface area contributed by atoms with E-state index in [4.69, 9.17) is 22.6 Å². The predicted octanol–water partition coefficient (Wildman–Crippen LogP) is 2.45. The van der Waals surface area contributed by atoms with E-state index < -0.39 is 0 Å². The summed E-state index contributed by atoms with van der Waals surface area (Å²) in [7, 11) is 0. The third-order valence-electron chi connectivity index (χ3n) is 2.94. The molecule has 1 aromatic heterocycles. The van der Waals surface area contributed by atoms with Crippen molar-refractivity contribution in [2.45, 2.75) is 6.92 Å². The molecular weight excluding hydrogens is 262 g/mol. The van der Waals surface area contributed by atoms with Crippen LogP contribution < -0.4 is 5.73 Å². The summed E-state index contributed by atoms with van der Waals surface area (Å²) in [6.07, 6.45) is 0. The van der Waals surface area contributed by atoms with Crippen molar-refractivity contribution >= 4 is 17.4 Å². The van der Waals surface area contributed by atoms with Crippen LogP contribution in [0.4, 0.5) is 0 Å². The Kier molecular flexibility index (Phi) is 3.70. The number of halogens is 1. The molecule has 1 heterocycles. The van der Waals surface area contributed by atoms with Gasteiger partial charge < -0.3 is 10.3 Å². The van der Waals surface area contributed by atoms with E-state index in [0.29, 0.717) is 16.3 Å². The molecule has 0 aliphatic carbocycles. The molecular formula is C14H12ClN3O. The molecule has 0 aliphatic rings. The zero-order chi connectivity index (χ0) is 14.0. The number of nitriles is 1. The Hall–Kier alpha value is -2.09. The van der Waals surface area contributed by atoms with Crippen molar-refractivity contribution in [2.24, 2.45) is 5.73 Å². The highest BCUT2D eigenvalue weighted by Crippen LogP contribution is 2.25. The van der Waals surface area contributed by atoms with E-state index in [-0.39, 0.29) is 12.3 Å². The monoisotopic (exact) mass is 273 g/mol. The summed E-state index contributed by atoms with van der Waals surface area (Å²) in [5, 5.41) is 9.22. The normalized spacial score (nSPS) is 10.2. The van der Waals surface area contributed by atoms with Gasteiger partial charge in [0, 0.05) is 16.9 Å². The summed E-state index contributed by atoms with van der Waals surface area (Å²) in [5.74, 6) is -0.146. The lowest BCUT2D eigenvalue weighted by molar-refractivity contribution is 0.100. The fraction of sp³-hybridized carbons (Fsp3) is 0.143. The molecule has 0 bridgehead atoms. The molecule has 0 fully saturated rings. The lowest BCUT2D eigenvalue weighted by Gasteiger charge is -2.08. The summed E-state index contributed by atoms with van der Waals surface area (Å²) >= 11 is 6.16. The summed E-state index contributed by atoms with van der Waals surface area (Å²) in [6.45, 7) is 1.77. The van der Waals surface area contributed by atoms with Crippen LogP contribution in [0.3, 0.4) is 0 Å². The molecule has 0 unspecified atom stereocenters. The SMILES string of the molecule is Cc1c(C(=O)CN)cc(Cl)n1-c1ccc(C#N)cc1. The molecule has 0 amide bonds. The van der Waals surface area contributed by atoms with Gasteiger partial charge in [0.25, 0.3) is 0 Å². The van der Waals surface area contributed by atoms with Gasteiger partial charge in [-0.1, -0.05) is 11.6 Å².